The first-order valence-corrected chi connectivity index (χ1v) is 7.18. The molecule has 0 amide bonds. The van der Waals surface area contributed by atoms with Crippen molar-refractivity contribution in [3.8, 4) is 11.5 Å². The first-order chi connectivity index (χ1) is 9.53. The van der Waals surface area contributed by atoms with Crippen LogP contribution in [0.15, 0.2) is 12.1 Å². The highest BCUT2D eigenvalue weighted by molar-refractivity contribution is 5.60. The summed E-state index contributed by atoms with van der Waals surface area (Å²) in [7, 11) is 3.32. The van der Waals surface area contributed by atoms with Gasteiger partial charge in [-0.2, -0.15) is 0 Å². The van der Waals surface area contributed by atoms with Gasteiger partial charge in [-0.1, -0.05) is 0 Å². The molecular formula is C16H25NO3. The molecule has 1 N–H and O–H groups in total. The maximum atomic E-state index is 5.78. The van der Waals surface area contributed by atoms with Crippen LogP contribution < -0.4 is 14.8 Å². The summed E-state index contributed by atoms with van der Waals surface area (Å²) in [6.45, 7) is 6.34. The normalized spacial score (nSPS) is 26.1. The van der Waals surface area contributed by atoms with E-state index in [1.165, 1.54) is 0 Å². The van der Waals surface area contributed by atoms with Crippen LogP contribution in [0.1, 0.15) is 32.3 Å². The largest absolute Gasteiger partial charge is 0.493 e. The molecule has 2 atom stereocenters. The van der Waals surface area contributed by atoms with E-state index in [0.29, 0.717) is 18.2 Å². The van der Waals surface area contributed by atoms with E-state index in [1.54, 1.807) is 14.2 Å². The van der Waals surface area contributed by atoms with Gasteiger partial charge in [-0.05, 0) is 45.2 Å². The molecule has 112 valence electrons. The van der Waals surface area contributed by atoms with E-state index in [2.05, 4.69) is 26.1 Å². The molecule has 1 aromatic carbocycles. The number of rotatable bonds is 4. The fraction of sp³-hybridized carbons (Fsp3) is 0.625. The maximum absolute atomic E-state index is 5.78. The Morgan fingerprint density at radius 3 is 2.15 bits per heavy atom. The third-order valence-corrected chi connectivity index (χ3v) is 3.79. The number of anilines is 1. The Labute approximate surface area is 121 Å². The van der Waals surface area contributed by atoms with Gasteiger partial charge in [-0.25, -0.2) is 0 Å². The fourth-order valence-corrected chi connectivity index (χ4v) is 2.88. The Hall–Kier alpha value is -1.42. The van der Waals surface area contributed by atoms with Gasteiger partial charge >= 0.3 is 0 Å². The molecule has 4 nitrogen and oxygen atoms in total. The molecule has 0 aromatic heterocycles. The van der Waals surface area contributed by atoms with Crippen molar-refractivity contribution < 1.29 is 14.2 Å². The number of methoxy groups -OCH3 is 2. The van der Waals surface area contributed by atoms with Gasteiger partial charge in [0.15, 0.2) is 11.5 Å². The van der Waals surface area contributed by atoms with E-state index in [1.807, 2.05) is 12.1 Å². The smallest absolute Gasteiger partial charge is 0.162 e. The highest BCUT2D eigenvalue weighted by Gasteiger charge is 2.24. The predicted molar refractivity (Wildman–Crippen MR) is 80.9 cm³/mol. The maximum Gasteiger partial charge on any atom is 0.162 e. The highest BCUT2D eigenvalue weighted by atomic mass is 16.5. The number of aryl methyl sites for hydroxylation is 1. The predicted octanol–water partition coefficient (Wildman–Crippen LogP) is 3.38. The zero-order valence-electron chi connectivity index (χ0n) is 13.0. The van der Waals surface area contributed by atoms with Gasteiger partial charge in [0.25, 0.3) is 0 Å². The van der Waals surface area contributed by atoms with E-state index in [9.17, 15) is 0 Å². The van der Waals surface area contributed by atoms with Crippen molar-refractivity contribution in [1.82, 2.24) is 0 Å². The molecular weight excluding hydrogens is 254 g/mol. The lowest BCUT2D eigenvalue weighted by Crippen LogP contribution is -2.37. The molecule has 0 bridgehead atoms. The molecule has 1 aromatic rings. The molecule has 1 fully saturated rings. The number of nitrogens with one attached hydrogen (secondary N) is 1. The molecule has 2 unspecified atom stereocenters. The van der Waals surface area contributed by atoms with Crippen LogP contribution in [0.3, 0.4) is 0 Å². The lowest BCUT2D eigenvalue weighted by Gasteiger charge is -2.33. The SMILES string of the molecule is COc1cc(C)c(NC2CC(C)OC(C)C2)cc1OC. The molecule has 1 heterocycles. The van der Waals surface area contributed by atoms with Crippen LogP contribution in [0, 0.1) is 6.92 Å². The van der Waals surface area contributed by atoms with Crippen LogP contribution in [-0.2, 0) is 4.74 Å². The lowest BCUT2D eigenvalue weighted by molar-refractivity contribution is -0.0337. The van der Waals surface area contributed by atoms with Gasteiger partial charge in [0, 0.05) is 17.8 Å². The molecule has 4 heteroatoms. The molecule has 0 spiro atoms. The third kappa shape index (κ3) is 3.37. The van der Waals surface area contributed by atoms with Gasteiger partial charge in [0.1, 0.15) is 0 Å². The van der Waals surface area contributed by atoms with Gasteiger partial charge in [0.05, 0.1) is 26.4 Å². The van der Waals surface area contributed by atoms with Crippen molar-refractivity contribution in [2.24, 2.45) is 0 Å². The van der Waals surface area contributed by atoms with Gasteiger partial charge in [0.2, 0.25) is 0 Å². The molecule has 1 saturated heterocycles. The molecule has 1 aliphatic heterocycles. The zero-order chi connectivity index (χ0) is 14.7. The Morgan fingerprint density at radius 1 is 1.05 bits per heavy atom. The molecule has 0 aliphatic carbocycles. The van der Waals surface area contributed by atoms with E-state index in [-0.39, 0.29) is 0 Å². The van der Waals surface area contributed by atoms with Crippen LogP contribution in [0.2, 0.25) is 0 Å². The monoisotopic (exact) mass is 279 g/mol. The molecule has 0 saturated carbocycles. The summed E-state index contributed by atoms with van der Waals surface area (Å²) in [6.07, 6.45) is 2.66. The average molecular weight is 279 g/mol. The number of hydrogen-bond acceptors (Lipinski definition) is 4. The van der Waals surface area contributed by atoms with Crippen LogP contribution in [0.5, 0.6) is 11.5 Å². The molecule has 20 heavy (non-hydrogen) atoms. The molecule has 0 radical (unpaired) electrons. The first kappa shape index (κ1) is 15.0. The molecule has 1 aliphatic rings. The Kier molecular flexibility index (Phi) is 4.76. The summed E-state index contributed by atoms with van der Waals surface area (Å²) in [6, 6.07) is 4.46. The van der Waals surface area contributed by atoms with Crippen LogP contribution in [-0.4, -0.2) is 32.5 Å². The van der Waals surface area contributed by atoms with Gasteiger partial charge < -0.3 is 19.5 Å². The average Bonchev–Trinajstić information content (AvgIpc) is 2.39. The van der Waals surface area contributed by atoms with Crippen molar-refractivity contribution in [3.05, 3.63) is 17.7 Å². The zero-order valence-corrected chi connectivity index (χ0v) is 13.0. The van der Waals surface area contributed by atoms with Crippen molar-refractivity contribution in [2.75, 3.05) is 19.5 Å². The minimum Gasteiger partial charge on any atom is -0.493 e. The lowest BCUT2D eigenvalue weighted by atomic mass is 9.99. The molecule has 2 rings (SSSR count). The third-order valence-electron chi connectivity index (χ3n) is 3.79. The second-order valence-electron chi connectivity index (χ2n) is 5.59. The van der Waals surface area contributed by atoms with E-state index in [0.717, 1.165) is 35.6 Å². The standard InChI is InChI=1S/C16H25NO3/c1-10-6-15(18-4)16(19-5)9-14(10)17-13-7-11(2)20-12(3)8-13/h6,9,11-13,17H,7-8H2,1-5H3. The quantitative estimate of drug-likeness (QED) is 0.917. The minimum absolute atomic E-state index is 0.303. The second-order valence-corrected chi connectivity index (χ2v) is 5.59. The van der Waals surface area contributed by atoms with Crippen molar-refractivity contribution in [1.29, 1.82) is 0 Å². The van der Waals surface area contributed by atoms with E-state index >= 15 is 0 Å². The topological polar surface area (TPSA) is 39.7 Å². The van der Waals surface area contributed by atoms with Crippen molar-refractivity contribution in [3.63, 3.8) is 0 Å². The Bertz CT molecular complexity index is 451. The minimum atomic E-state index is 0.303. The highest BCUT2D eigenvalue weighted by Crippen LogP contribution is 2.34. The van der Waals surface area contributed by atoms with Crippen LogP contribution >= 0.6 is 0 Å². The first-order valence-electron chi connectivity index (χ1n) is 7.18. The number of benzene rings is 1. The summed E-state index contributed by atoms with van der Waals surface area (Å²) in [4.78, 5) is 0. The van der Waals surface area contributed by atoms with E-state index < -0.39 is 0 Å². The summed E-state index contributed by atoms with van der Waals surface area (Å²) in [5, 5.41) is 3.62. The van der Waals surface area contributed by atoms with Crippen molar-refractivity contribution >= 4 is 5.69 Å². The second kappa shape index (κ2) is 6.35. The van der Waals surface area contributed by atoms with Crippen molar-refractivity contribution in [2.45, 2.75) is 51.9 Å². The number of ether oxygens (including phenoxy) is 3. The number of hydrogen-bond donors (Lipinski definition) is 1. The fourth-order valence-electron chi connectivity index (χ4n) is 2.88. The summed E-state index contributed by atoms with van der Waals surface area (Å²) >= 11 is 0. The van der Waals surface area contributed by atoms with Gasteiger partial charge in [-0.3, -0.25) is 0 Å². The Balaban J connectivity index is 2.16. The van der Waals surface area contributed by atoms with Crippen LogP contribution in [0.4, 0.5) is 5.69 Å². The van der Waals surface area contributed by atoms with Gasteiger partial charge in [-0.15, -0.1) is 0 Å². The Morgan fingerprint density at radius 2 is 1.60 bits per heavy atom. The van der Waals surface area contributed by atoms with Crippen LogP contribution in [0.25, 0.3) is 0 Å². The summed E-state index contributed by atoms with van der Waals surface area (Å²) < 4.78 is 16.5. The van der Waals surface area contributed by atoms with E-state index in [4.69, 9.17) is 14.2 Å². The summed E-state index contributed by atoms with van der Waals surface area (Å²) in [5.41, 5.74) is 2.27. The summed E-state index contributed by atoms with van der Waals surface area (Å²) in [5.74, 6) is 1.53.